The maximum Gasteiger partial charge on any atom is 0.356 e. The molecule has 0 saturated carbocycles. The van der Waals surface area contributed by atoms with E-state index in [0.717, 1.165) is 0 Å². The van der Waals surface area contributed by atoms with E-state index in [-0.39, 0.29) is 11.4 Å². The molecule has 0 bridgehead atoms. The van der Waals surface area contributed by atoms with Gasteiger partial charge in [0.2, 0.25) is 0 Å². The standard InChI is InChI=1S/C15H13ClN2O4/c1-21-13-7-6-9(8-10(13)16)17-14(19)11-4-3-5-12(18-11)15(20)22-2/h3-8H,1-2H3,(H,17,19). The lowest BCUT2D eigenvalue weighted by Gasteiger charge is -2.08. The van der Waals surface area contributed by atoms with Gasteiger partial charge in [0.1, 0.15) is 17.1 Å². The Morgan fingerprint density at radius 2 is 1.86 bits per heavy atom. The third kappa shape index (κ3) is 3.53. The SMILES string of the molecule is COC(=O)c1cccc(C(=O)Nc2ccc(OC)c(Cl)c2)n1. The molecule has 0 unspecified atom stereocenters. The first-order valence-corrected chi connectivity index (χ1v) is 6.63. The predicted molar refractivity (Wildman–Crippen MR) is 81.5 cm³/mol. The van der Waals surface area contributed by atoms with Gasteiger partial charge < -0.3 is 14.8 Å². The van der Waals surface area contributed by atoms with Crippen molar-refractivity contribution in [1.29, 1.82) is 0 Å². The van der Waals surface area contributed by atoms with Gasteiger partial charge in [0.25, 0.3) is 5.91 Å². The van der Waals surface area contributed by atoms with Gasteiger partial charge in [0.05, 0.1) is 19.2 Å². The van der Waals surface area contributed by atoms with E-state index in [0.29, 0.717) is 16.5 Å². The molecule has 1 aromatic heterocycles. The fourth-order valence-corrected chi connectivity index (χ4v) is 1.98. The Balaban J connectivity index is 2.19. The number of methoxy groups -OCH3 is 2. The van der Waals surface area contributed by atoms with Crippen molar-refractivity contribution in [3.8, 4) is 5.75 Å². The average Bonchev–Trinajstić information content (AvgIpc) is 2.54. The van der Waals surface area contributed by atoms with Crippen molar-refractivity contribution in [2.75, 3.05) is 19.5 Å². The molecule has 1 aromatic carbocycles. The maximum absolute atomic E-state index is 12.1. The van der Waals surface area contributed by atoms with E-state index >= 15 is 0 Å². The van der Waals surface area contributed by atoms with Crippen LogP contribution < -0.4 is 10.1 Å². The average molecular weight is 321 g/mol. The summed E-state index contributed by atoms with van der Waals surface area (Å²) in [4.78, 5) is 27.5. The summed E-state index contributed by atoms with van der Waals surface area (Å²) in [5, 5.41) is 3.01. The Morgan fingerprint density at radius 3 is 2.50 bits per heavy atom. The lowest BCUT2D eigenvalue weighted by Crippen LogP contribution is -2.16. The Bertz CT molecular complexity index is 718. The number of benzene rings is 1. The topological polar surface area (TPSA) is 77.5 Å². The zero-order valence-corrected chi connectivity index (χ0v) is 12.7. The highest BCUT2D eigenvalue weighted by atomic mass is 35.5. The quantitative estimate of drug-likeness (QED) is 0.876. The van der Waals surface area contributed by atoms with E-state index in [1.165, 1.54) is 26.4 Å². The van der Waals surface area contributed by atoms with Gasteiger partial charge in [0, 0.05) is 5.69 Å². The van der Waals surface area contributed by atoms with Crippen LogP contribution in [0.4, 0.5) is 5.69 Å². The molecule has 0 aliphatic carbocycles. The molecule has 0 saturated heterocycles. The number of nitrogens with zero attached hydrogens (tertiary/aromatic N) is 1. The monoisotopic (exact) mass is 320 g/mol. The first-order chi connectivity index (χ1) is 10.5. The molecule has 0 aliphatic heterocycles. The van der Waals surface area contributed by atoms with E-state index in [1.807, 2.05) is 0 Å². The minimum Gasteiger partial charge on any atom is -0.495 e. The second-order valence-corrected chi connectivity index (χ2v) is 4.61. The molecule has 114 valence electrons. The van der Waals surface area contributed by atoms with Crippen molar-refractivity contribution in [2.45, 2.75) is 0 Å². The predicted octanol–water partition coefficient (Wildman–Crippen LogP) is 2.78. The number of nitrogens with one attached hydrogen (secondary N) is 1. The van der Waals surface area contributed by atoms with Gasteiger partial charge in [-0.25, -0.2) is 9.78 Å². The van der Waals surface area contributed by atoms with E-state index in [4.69, 9.17) is 16.3 Å². The summed E-state index contributed by atoms with van der Waals surface area (Å²) < 4.78 is 9.60. The van der Waals surface area contributed by atoms with Crippen LogP contribution in [0.2, 0.25) is 5.02 Å². The summed E-state index contributed by atoms with van der Waals surface area (Å²) in [6, 6.07) is 9.35. The molecule has 22 heavy (non-hydrogen) atoms. The zero-order valence-electron chi connectivity index (χ0n) is 11.9. The van der Waals surface area contributed by atoms with Gasteiger partial charge in [-0.1, -0.05) is 17.7 Å². The molecule has 0 radical (unpaired) electrons. The Morgan fingerprint density at radius 1 is 1.14 bits per heavy atom. The van der Waals surface area contributed by atoms with E-state index in [2.05, 4.69) is 15.0 Å². The number of esters is 1. The van der Waals surface area contributed by atoms with E-state index in [1.54, 1.807) is 24.3 Å². The van der Waals surface area contributed by atoms with E-state index < -0.39 is 11.9 Å². The summed E-state index contributed by atoms with van der Waals surface area (Å²) >= 11 is 5.99. The first-order valence-electron chi connectivity index (χ1n) is 6.25. The molecule has 0 fully saturated rings. The molecule has 7 heteroatoms. The van der Waals surface area contributed by atoms with Crippen LogP contribution in [0.3, 0.4) is 0 Å². The van der Waals surface area contributed by atoms with Crippen LogP contribution in [-0.2, 0) is 4.74 Å². The van der Waals surface area contributed by atoms with Crippen molar-refractivity contribution in [2.24, 2.45) is 0 Å². The Labute approximate surface area is 132 Å². The Kier molecular flexibility index (Phi) is 4.95. The van der Waals surface area contributed by atoms with Crippen LogP contribution in [-0.4, -0.2) is 31.1 Å². The number of pyridine rings is 1. The van der Waals surface area contributed by atoms with Crippen molar-refractivity contribution < 1.29 is 19.1 Å². The van der Waals surface area contributed by atoms with Crippen LogP contribution in [0.15, 0.2) is 36.4 Å². The molecule has 0 spiro atoms. The van der Waals surface area contributed by atoms with Gasteiger partial charge in [-0.2, -0.15) is 0 Å². The second-order valence-electron chi connectivity index (χ2n) is 4.20. The summed E-state index contributed by atoms with van der Waals surface area (Å²) in [5.41, 5.74) is 0.638. The van der Waals surface area contributed by atoms with Crippen molar-refractivity contribution in [3.63, 3.8) is 0 Å². The number of carbonyl (C=O) groups is 2. The molecular formula is C15H13ClN2O4. The number of halogens is 1. The third-order valence-corrected chi connectivity index (χ3v) is 3.08. The lowest BCUT2D eigenvalue weighted by molar-refractivity contribution is 0.0594. The van der Waals surface area contributed by atoms with Gasteiger partial charge in [-0.15, -0.1) is 0 Å². The molecule has 1 heterocycles. The van der Waals surface area contributed by atoms with Gasteiger partial charge in [0.15, 0.2) is 0 Å². The highest BCUT2D eigenvalue weighted by molar-refractivity contribution is 6.32. The van der Waals surface area contributed by atoms with Crippen LogP contribution >= 0.6 is 11.6 Å². The Hall–Kier alpha value is -2.60. The van der Waals surface area contributed by atoms with Crippen LogP contribution in [0.5, 0.6) is 5.75 Å². The second kappa shape index (κ2) is 6.91. The number of carbonyl (C=O) groups excluding carboxylic acids is 2. The number of anilines is 1. The third-order valence-electron chi connectivity index (χ3n) is 2.79. The molecule has 6 nitrogen and oxygen atoms in total. The van der Waals surface area contributed by atoms with Crippen LogP contribution in [0, 0.1) is 0 Å². The molecule has 0 atom stereocenters. The van der Waals surface area contributed by atoms with Crippen molar-refractivity contribution in [1.82, 2.24) is 4.98 Å². The maximum atomic E-state index is 12.1. The van der Waals surface area contributed by atoms with Crippen molar-refractivity contribution in [3.05, 3.63) is 52.8 Å². The molecular weight excluding hydrogens is 308 g/mol. The first kappa shape index (κ1) is 15.8. The number of amides is 1. The lowest BCUT2D eigenvalue weighted by atomic mass is 10.2. The molecule has 0 aliphatic rings. The van der Waals surface area contributed by atoms with Crippen molar-refractivity contribution >= 4 is 29.2 Å². The summed E-state index contributed by atoms with van der Waals surface area (Å²) in [6.45, 7) is 0. The number of ether oxygens (including phenoxy) is 2. The largest absolute Gasteiger partial charge is 0.495 e. The highest BCUT2D eigenvalue weighted by Crippen LogP contribution is 2.27. The van der Waals surface area contributed by atoms with Crippen LogP contribution in [0.25, 0.3) is 0 Å². The molecule has 1 N–H and O–H groups in total. The highest BCUT2D eigenvalue weighted by Gasteiger charge is 2.13. The van der Waals surface area contributed by atoms with E-state index in [9.17, 15) is 9.59 Å². The number of hydrogen-bond acceptors (Lipinski definition) is 5. The van der Waals surface area contributed by atoms with Crippen LogP contribution in [0.1, 0.15) is 21.0 Å². The number of hydrogen-bond donors (Lipinski definition) is 1. The summed E-state index contributed by atoms with van der Waals surface area (Å²) in [7, 11) is 2.75. The van der Waals surface area contributed by atoms with Gasteiger partial charge in [-0.05, 0) is 30.3 Å². The zero-order chi connectivity index (χ0) is 16.1. The van der Waals surface area contributed by atoms with Gasteiger partial charge >= 0.3 is 5.97 Å². The fraction of sp³-hybridized carbons (Fsp3) is 0.133. The summed E-state index contributed by atoms with van der Waals surface area (Å²) in [5.74, 6) is -0.570. The number of rotatable bonds is 4. The number of aromatic nitrogens is 1. The fourth-order valence-electron chi connectivity index (χ4n) is 1.72. The molecule has 2 aromatic rings. The minimum atomic E-state index is -0.609. The normalized spacial score (nSPS) is 9.95. The minimum absolute atomic E-state index is 0.0583. The molecule has 2 rings (SSSR count). The summed E-state index contributed by atoms with van der Waals surface area (Å²) in [6.07, 6.45) is 0. The smallest absolute Gasteiger partial charge is 0.356 e. The molecule has 1 amide bonds. The van der Waals surface area contributed by atoms with Gasteiger partial charge in [-0.3, -0.25) is 4.79 Å².